The molecule has 1 saturated heterocycles. The van der Waals surface area contributed by atoms with Gasteiger partial charge in [0.2, 0.25) is 0 Å². The Hall–Kier alpha value is -1.33. The van der Waals surface area contributed by atoms with E-state index in [4.69, 9.17) is 10.2 Å². The average molecular weight is 337 g/mol. The molecule has 0 unspecified atom stereocenters. The summed E-state index contributed by atoms with van der Waals surface area (Å²) in [6.45, 7) is 3.41. The van der Waals surface area contributed by atoms with Crippen LogP contribution in [0.2, 0.25) is 0 Å². The van der Waals surface area contributed by atoms with Crippen molar-refractivity contribution in [3.05, 3.63) is 34.5 Å². The number of carbonyl (C=O) groups excluding carboxylic acids is 1. The van der Waals surface area contributed by atoms with E-state index in [0.717, 1.165) is 28.3 Å². The van der Waals surface area contributed by atoms with E-state index in [1.54, 1.807) is 6.07 Å². The molecule has 2 N–H and O–H groups in total. The lowest BCUT2D eigenvalue weighted by Gasteiger charge is -2.36. The molecule has 2 heterocycles. The molecule has 2 aromatic rings. The van der Waals surface area contributed by atoms with Crippen molar-refractivity contribution in [3.8, 4) is 0 Å². The molecule has 106 valence electrons. The zero-order valence-electron chi connectivity index (χ0n) is 11.4. The Morgan fingerprint density at radius 3 is 2.75 bits per heavy atom. The van der Waals surface area contributed by atoms with Crippen molar-refractivity contribution in [2.24, 2.45) is 5.73 Å². The van der Waals surface area contributed by atoms with Gasteiger partial charge in [-0.05, 0) is 44.0 Å². The van der Waals surface area contributed by atoms with Gasteiger partial charge >= 0.3 is 0 Å². The lowest BCUT2D eigenvalue weighted by molar-refractivity contribution is 0.0651. The van der Waals surface area contributed by atoms with E-state index in [2.05, 4.69) is 15.9 Å². The van der Waals surface area contributed by atoms with Gasteiger partial charge in [0.1, 0.15) is 5.58 Å². The Balaban J connectivity index is 1.82. The van der Waals surface area contributed by atoms with Crippen LogP contribution in [0.3, 0.4) is 0 Å². The van der Waals surface area contributed by atoms with Crippen LogP contribution in [0.25, 0.3) is 11.0 Å². The first-order valence-corrected chi connectivity index (χ1v) is 7.51. The fraction of sp³-hybridized carbons (Fsp3) is 0.400. The lowest BCUT2D eigenvalue weighted by Crippen LogP contribution is -2.49. The zero-order chi connectivity index (χ0) is 14.3. The number of hydrogen-bond donors (Lipinski definition) is 1. The summed E-state index contributed by atoms with van der Waals surface area (Å²) >= 11 is 3.40. The summed E-state index contributed by atoms with van der Waals surface area (Å²) in [5.74, 6) is 0.353. The number of furan rings is 1. The molecule has 1 amide bonds. The van der Waals surface area contributed by atoms with Gasteiger partial charge in [0.25, 0.3) is 5.91 Å². The number of nitrogens with two attached hydrogens (primary N) is 1. The van der Waals surface area contributed by atoms with Crippen LogP contribution in [0.15, 0.2) is 33.2 Å². The third-order valence-corrected chi connectivity index (χ3v) is 4.38. The third-order valence-electron chi connectivity index (χ3n) is 3.89. The number of halogens is 1. The van der Waals surface area contributed by atoms with Crippen molar-refractivity contribution in [2.75, 3.05) is 13.1 Å². The highest BCUT2D eigenvalue weighted by Gasteiger charge is 2.30. The second kappa shape index (κ2) is 4.90. The van der Waals surface area contributed by atoms with E-state index in [9.17, 15) is 4.79 Å². The van der Waals surface area contributed by atoms with Crippen LogP contribution in [-0.2, 0) is 0 Å². The van der Waals surface area contributed by atoms with Crippen LogP contribution in [0.4, 0.5) is 0 Å². The molecule has 0 radical (unpaired) electrons. The van der Waals surface area contributed by atoms with Crippen molar-refractivity contribution < 1.29 is 9.21 Å². The van der Waals surface area contributed by atoms with Crippen molar-refractivity contribution >= 4 is 32.8 Å². The second-order valence-electron chi connectivity index (χ2n) is 5.74. The fourth-order valence-electron chi connectivity index (χ4n) is 2.49. The molecule has 0 saturated carbocycles. The predicted molar refractivity (Wildman–Crippen MR) is 81.6 cm³/mol. The van der Waals surface area contributed by atoms with E-state index in [1.165, 1.54) is 0 Å². The minimum absolute atomic E-state index is 0.0483. The van der Waals surface area contributed by atoms with E-state index in [1.807, 2.05) is 30.0 Å². The first kappa shape index (κ1) is 13.6. The molecule has 20 heavy (non-hydrogen) atoms. The summed E-state index contributed by atoms with van der Waals surface area (Å²) in [7, 11) is 0. The largest absolute Gasteiger partial charge is 0.451 e. The third kappa shape index (κ3) is 2.60. The standard InChI is InChI=1S/C15H17BrN2O2/c1-15(17)4-6-18(7-5-15)14(19)13-8-10-2-3-11(16)9-12(10)20-13/h2-3,8-9H,4-7,17H2,1H3. The first-order valence-electron chi connectivity index (χ1n) is 6.72. The number of hydrogen-bond acceptors (Lipinski definition) is 3. The predicted octanol–water partition coefficient (Wildman–Crippen LogP) is 3.15. The van der Waals surface area contributed by atoms with Crippen molar-refractivity contribution in [1.29, 1.82) is 0 Å². The number of piperidine rings is 1. The number of fused-ring (bicyclic) bond motifs is 1. The summed E-state index contributed by atoms with van der Waals surface area (Å²) in [5, 5.41) is 0.942. The Morgan fingerprint density at radius 2 is 2.05 bits per heavy atom. The summed E-state index contributed by atoms with van der Waals surface area (Å²) in [4.78, 5) is 14.3. The summed E-state index contributed by atoms with van der Waals surface area (Å²) in [5.41, 5.74) is 6.66. The van der Waals surface area contributed by atoms with Gasteiger partial charge in [0.05, 0.1) is 0 Å². The molecule has 0 spiro atoms. The topological polar surface area (TPSA) is 59.5 Å². The minimum Gasteiger partial charge on any atom is -0.451 e. The second-order valence-corrected chi connectivity index (χ2v) is 6.65. The monoisotopic (exact) mass is 336 g/mol. The number of likely N-dealkylation sites (tertiary alicyclic amines) is 1. The SMILES string of the molecule is CC1(N)CCN(C(=O)c2cc3ccc(Br)cc3o2)CC1. The van der Waals surface area contributed by atoms with Crippen LogP contribution >= 0.6 is 15.9 Å². The van der Waals surface area contributed by atoms with E-state index in [-0.39, 0.29) is 11.4 Å². The number of rotatable bonds is 1. The van der Waals surface area contributed by atoms with Crippen molar-refractivity contribution in [1.82, 2.24) is 4.90 Å². The molecule has 1 fully saturated rings. The molecular formula is C15H17BrN2O2. The van der Waals surface area contributed by atoms with Gasteiger partial charge < -0.3 is 15.1 Å². The molecule has 0 aliphatic carbocycles. The molecule has 0 bridgehead atoms. The van der Waals surface area contributed by atoms with Crippen LogP contribution in [-0.4, -0.2) is 29.4 Å². The number of carbonyl (C=O) groups is 1. The molecule has 4 nitrogen and oxygen atoms in total. The number of amides is 1. The van der Waals surface area contributed by atoms with Crippen LogP contribution < -0.4 is 5.73 Å². The van der Waals surface area contributed by atoms with E-state index in [0.29, 0.717) is 18.8 Å². The van der Waals surface area contributed by atoms with Gasteiger partial charge in [-0.3, -0.25) is 4.79 Å². The summed E-state index contributed by atoms with van der Waals surface area (Å²) in [6.07, 6.45) is 1.65. The highest BCUT2D eigenvalue weighted by Crippen LogP contribution is 2.26. The van der Waals surface area contributed by atoms with Crippen molar-refractivity contribution in [2.45, 2.75) is 25.3 Å². The minimum atomic E-state index is -0.157. The molecule has 0 atom stereocenters. The Kier molecular flexibility index (Phi) is 3.34. The van der Waals surface area contributed by atoms with Gasteiger partial charge in [0, 0.05) is 28.5 Å². The van der Waals surface area contributed by atoms with E-state index >= 15 is 0 Å². The average Bonchev–Trinajstić information content (AvgIpc) is 2.80. The quantitative estimate of drug-likeness (QED) is 0.870. The number of benzene rings is 1. The van der Waals surface area contributed by atoms with Gasteiger partial charge in [-0.15, -0.1) is 0 Å². The van der Waals surface area contributed by atoms with Crippen LogP contribution in [0, 0.1) is 0 Å². The Labute approximate surface area is 126 Å². The Morgan fingerprint density at radius 1 is 1.35 bits per heavy atom. The lowest BCUT2D eigenvalue weighted by atomic mass is 9.91. The molecule has 1 aliphatic heterocycles. The zero-order valence-corrected chi connectivity index (χ0v) is 12.9. The summed E-state index contributed by atoms with van der Waals surface area (Å²) < 4.78 is 6.60. The molecule has 1 aliphatic rings. The molecule has 1 aromatic carbocycles. The normalized spacial score (nSPS) is 18.4. The maximum atomic E-state index is 12.4. The van der Waals surface area contributed by atoms with Gasteiger partial charge in [0.15, 0.2) is 5.76 Å². The van der Waals surface area contributed by atoms with Gasteiger partial charge in [-0.1, -0.05) is 15.9 Å². The maximum Gasteiger partial charge on any atom is 0.289 e. The summed E-state index contributed by atoms with van der Waals surface area (Å²) in [6, 6.07) is 7.55. The molecular weight excluding hydrogens is 320 g/mol. The smallest absolute Gasteiger partial charge is 0.289 e. The van der Waals surface area contributed by atoms with Crippen molar-refractivity contribution in [3.63, 3.8) is 0 Å². The number of nitrogens with zero attached hydrogens (tertiary/aromatic N) is 1. The molecule has 5 heteroatoms. The van der Waals surface area contributed by atoms with Gasteiger partial charge in [-0.2, -0.15) is 0 Å². The highest BCUT2D eigenvalue weighted by atomic mass is 79.9. The first-order chi connectivity index (χ1) is 9.44. The fourth-order valence-corrected chi connectivity index (χ4v) is 2.83. The van der Waals surface area contributed by atoms with Crippen LogP contribution in [0.1, 0.15) is 30.3 Å². The molecule has 3 rings (SSSR count). The van der Waals surface area contributed by atoms with Crippen LogP contribution in [0.5, 0.6) is 0 Å². The molecule has 1 aromatic heterocycles. The highest BCUT2D eigenvalue weighted by molar-refractivity contribution is 9.10. The van der Waals surface area contributed by atoms with E-state index < -0.39 is 0 Å². The Bertz CT molecular complexity index is 653. The maximum absolute atomic E-state index is 12.4. The van der Waals surface area contributed by atoms with Gasteiger partial charge in [-0.25, -0.2) is 0 Å².